The molecule has 2 saturated carbocycles. The van der Waals surface area contributed by atoms with Crippen molar-refractivity contribution in [3.05, 3.63) is 0 Å². The first kappa shape index (κ1) is 17.0. The fourth-order valence-electron chi connectivity index (χ4n) is 4.52. The van der Waals surface area contributed by atoms with Crippen LogP contribution in [0.4, 0.5) is 0 Å². The summed E-state index contributed by atoms with van der Waals surface area (Å²) in [6.45, 7) is 6.27. The number of carbonyl (C=O) groups excluding carboxylic acids is 1. The lowest BCUT2D eigenvalue weighted by Crippen LogP contribution is -2.64. The van der Waals surface area contributed by atoms with E-state index in [1.807, 2.05) is 0 Å². The van der Waals surface area contributed by atoms with E-state index in [0.29, 0.717) is 11.8 Å². The molecule has 21 heavy (non-hydrogen) atoms. The second kappa shape index (κ2) is 6.05. The van der Waals surface area contributed by atoms with Crippen LogP contribution < -0.4 is 10.6 Å². The molecule has 4 nitrogen and oxygen atoms in total. The molecule has 3 aliphatic rings. The topological polar surface area (TPSA) is 50.4 Å². The van der Waals surface area contributed by atoms with E-state index < -0.39 is 0 Å². The Balaban J connectivity index is 0.00000161. The molecule has 0 aromatic rings. The number of rotatable bonds is 3. The molecular formula is C16H29ClN2O2. The number of halogens is 1. The van der Waals surface area contributed by atoms with E-state index in [2.05, 4.69) is 24.5 Å². The van der Waals surface area contributed by atoms with Gasteiger partial charge in [-0.05, 0) is 31.7 Å². The Bertz CT molecular complexity index is 402. The molecule has 3 fully saturated rings. The van der Waals surface area contributed by atoms with Crippen LogP contribution in [0.5, 0.6) is 0 Å². The number of fused-ring (bicyclic) bond motifs is 1. The van der Waals surface area contributed by atoms with E-state index in [1.54, 1.807) is 7.11 Å². The van der Waals surface area contributed by atoms with E-state index >= 15 is 0 Å². The van der Waals surface area contributed by atoms with Crippen LogP contribution in [-0.2, 0) is 9.53 Å². The average Bonchev–Trinajstić information content (AvgIpc) is 2.87. The number of hydrogen-bond donors (Lipinski definition) is 2. The standard InChI is InChI=1S/C16H28N2O2.ClH/c1-15(2)12(8-13(15)20-3)18-14(19)16-7-5-4-6-11(16)9-17-10-16;/h11-13,17H,4-10H2,1-3H3,(H,18,19);1H/t11-,12?,13?,16+;/m0./s1. The van der Waals surface area contributed by atoms with Crippen molar-refractivity contribution in [2.75, 3.05) is 20.2 Å². The Hall–Kier alpha value is -0.320. The summed E-state index contributed by atoms with van der Waals surface area (Å²) in [6, 6.07) is 0.262. The molecule has 122 valence electrons. The smallest absolute Gasteiger partial charge is 0.228 e. The fraction of sp³-hybridized carbons (Fsp3) is 0.938. The molecular weight excluding hydrogens is 288 g/mol. The molecule has 0 bridgehead atoms. The Morgan fingerprint density at radius 2 is 2.10 bits per heavy atom. The van der Waals surface area contributed by atoms with E-state index in [0.717, 1.165) is 25.9 Å². The monoisotopic (exact) mass is 316 g/mol. The number of nitrogens with one attached hydrogen (secondary N) is 2. The van der Waals surface area contributed by atoms with Gasteiger partial charge in [-0.25, -0.2) is 0 Å². The predicted octanol–water partition coefficient (Wildman–Crippen LogP) is 2.12. The van der Waals surface area contributed by atoms with Gasteiger partial charge in [-0.1, -0.05) is 26.7 Å². The van der Waals surface area contributed by atoms with Crippen molar-refractivity contribution >= 4 is 18.3 Å². The summed E-state index contributed by atoms with van der Waals surface area (Å²) in [5.74, 6) is 0.831. The molecule has 1 heterocycles. The first-order chi connectivity index (χ1) is 9.50. The van der Waals surface area contributed by atoms with E-state index in [-0.39, 0.29) is 35.4 Å². The van der Waals surface area contributed by atoms with Gasteiger partial charge >= 0.3 is 0 Å². The van der Waals surface area contributed by atoms with Gasteiger partial charge in [-0.15, -0.1) is 12.4 Å². The van der Waals surface area contributed by atoms with Crippen molar-refractivity contribution in [3.63, 3.8) is 0 Å². The fourth-order valence-corrected chi connectivity index (χ4v) is 4.52. The first-order valence-corrected chi connectivity index (χ1v) is 8.05. The summed E-state index contributed by atoms with van der Waals surface area (Å²) in [6.07, 6.45) is 5.95. The van der Waals surface area contributed by atoms with Gasteiger partial charge in [0.2, 0.25) is 5.91 Å². The summed E-state index contributed by atoms with van der Waals surface area (Å²) >= 11 is 0. The maximum Gasteiger partial charge on any atom is 0.228 e. The number of amides is 1. The zero-order valence-electron chi connectivity index (χ0n) is 13.4. The summed E-state index contributed by atoms with van der Waals surface area (Å²) in [7, 11) is 1.77. The molecule has 4 atom stereocenters. The van der Waals surface area contributed by atoms with E-state index in [4.69, 9.17) is 4.74 Å². The molecule has 1 aliphatic heterocycles. The Morgan fingerprint density at radius 1 is 1.33 bits per heavy atom. The van der Waals surface area contributed by atoms with Gasteiger partial charge in [0, 0.05) is 25.1 Å². The Labute approximate surface area is 134 Å². The molecule has 0 spiro atoms. The summed E-state index contributed by atoms with van der Waals surface area (Å²) in [4.78, 5) is 12.9. The molecule has 0 radical (unpaired) electrons. The molecule has 3 rings (SSSR count). The Kier molecular flexibility index (Phi) is 4.91. The molecule has 2 unspecified atom stereocenters. The van der Waals surface area contributed by atoms with Gasteiger partial charge < -0.3 is 15.4 Å². The highest BCUT2D eigenvalue weighted by Crippen LogP contribution is 2.46. The van der Waals surface area contributed by atoms with Crippen LogP contribution in [0, 0.1) is 16.7 Å². The van der Waals surface area contributed by atoms with Crippen molar-refractivity contribution in [2.45, 2.75) is 58.1 Å². The van der Waals surface area contributed by atoms with Gasteiger partial charge in [-0.3, -0.25) is 4.79 Å². The summed E-state index contributed by atoms with van der Waals surface area (Å²) in [5, 5.41) is 6.79. The highest BCUT2D eigenvalue weighted by molar-refractivity contribution is 5.85. The number of methoxy groups -OCH3 is 1. The second-order valence-corrected chi connectivity index (χ2v) is 7.54. The van der Waals surface area contributed by atoms with Gasteiger partial charge in [0.1, 0.15) is 0 Å². The van der Waals surface area contributed by atoms with Gasteiger partial charge in [-0.2, -0.15) is 0 Å². The SMILES string of the molecule is COC1CC(NC(=O)[C@@]23CCCC[C@H]2CNC3)C1(C)C.Cl. The van der Waals surface area contributed by atoms with Gasteiger partial charge in [0.05, 0.1) is 11.5 Å². The number of carbonyl (C=O) groups is 1. The van der Waals surface area contributed by atoms with Crippen LogP contribution in [0.1, 0.15) is 46.0 Å². The number of ether oxygens (including phenoxy) is 1. The van der Waals surface area contributed by atoms with Crippen LogP contribution in [0.15, 0.2) is 0 Å². The Morgan fingerprint density at radius 3 is 2.76 bits per heavy atom. The second-order valence-electron chi connectivity index (χ2n) is 7.54. The summed E-state index contributed by atoms with van der Waals surface area (Å²) in [5.41, 5.74) is -0.0796. The number of hydrogen-bond acceptors (Lipinski definition) is 3. The third-order valence-electron chi connectivity index (χ3n) is 6.26. The molecule has 0 aromatic heterocycles. The summed E-state index contributed by atoms with van der Waals surface area (Å²) < 4.78 is 5.48. The highest BCUT2D eigenvalue weighted by atomic mass is 35.5. The third kappa shape index (κ3) is 2.60. The van der Waals surface area contributed by atoms with Crippen molar-refractivity contribution in [2.24, 2.45) is 16.7 Å². The zero-order valence-corrected chi connectivity index (χ0v) is 14.2. The predicted molar refractivity (Wildman–Crippen MR) is 85.6 cm³/mol. The van der Waals surface area contributed by atoms with Crippen molar-refractivity contribution in [3.8, 4) is 0 Å². The minimum atomic E-state index is -0.132. The minimum Gasteiger partial charge on any atom is -0.381 e. The molecule has 2 N–H and O–H groups in total. The lowest BCUT2D eigenvalue weighted by molar-refractivity contribution is -0.144. The van der Waals surface area contributed by atoms with E-state index in [9.17, 15) is 4.79 Å². The highest BCUT2D eigenvalue weighted by Gasteiger charge is 2.54. The minimum absolute atomic E-state index is 0. The van der Waals surface area contributed by atoms with Gasteiger partial charge in [0.15, 0.2) is 0 Å². The molecule has 1 amide bonds. The lowest BCUT2D eigenvalue weighted by atomic mass is 9.63. The quantitative estimate of drug-likeness (QED) is 0.838. The van der Waals surface area contributed by atoms with Crippen molar-refractivity contribution in [1.29, 1.82) is 0 Å². The molecule has 0 aromatic carbocycles. The zero-order chi connectivity index (χ0) is 14.4. The van der Waals surface area contributed by atoms with Gasteiger partial charge in [0.25, 0.3) is 0 Å². The maximum absolute atomic E-state index is 12.9. The maximum atomic E-state index is 12.9. The van der Waals surface area contributed by atoms with Crippen LogP contribution in [-0.4, -0.2) is 38.3 Å². The van der Waals surface area contributed by atoms with Crippen LogP contribution in [0.25, 0.3) is 0 Å². The first-order valence-electron chi connectivity index (χ1n) is 8.05. The molecule has 2 aliphatic carbocycles. The van der Waals surface area contributed by atoms with Crippen LogP contribution in [0.2, 0.25) is 0 Å². The molecule has 1 saturated heterocycles. The average molecular weight is 317 g/mol. The van der Waals surface area contributed by atoms with Crippen LogP contribution in [0.3, 0.4) is 0 Å². The van der Waals surface area contributed by atoms with Crippen molar-refractivity contribution in [1.82, 2.24) is 10.6 Å². The molecule has 5 heteroatoms. The normalized spacial score (nSPS) is 40.6. The lowest BCUT2D eigenvalue weighted by Gasteiger charge is -2.52. The third-order valence-corrected chi connectivity index (χ3v) is 6.26. The largest absolute Gasteiger partial charge is 0.381 e. The van der Waals surface area contributed by atoms with Crippen molar-refractivity contribution < 1.29 is 9.53 Å². The van der Waals surface area contributed by atoms with Crippen LogP contribution >= 0.6 is 12.4 Å². The van der Waals surface area contributed by atoms with E-state index in [1.165, 1.54) is 19.3 Å².